The fourth-order valence-electron chi connectivity index (χ4n) is 2.52. The van der Waals surface area contributed by atoms with E-state index in [0.717, 1.165) is 37.9 Å². The predicted octanol–water partition coefficient (Wildman–Crippen LogP) is 1.51. The quantitative estimate of drug-likeness (QED) is 0.799. The van der Waals surface area contributed by atoms with Gasteiger partial charge in [-0.3, -0.25) is 4.98 Å². The lowest BCUT2D eigenvalue weighted by molar-refractivity contribution is 0.0600. The molecule has 1 aliphatic rings. The Balaban J connectivity index is 1.73. The number of aliphatic hydroxyl groups excluding tert-OH is 1. The molecule has 2 N–H and O–H groups in total. The van der Waals surface area contributed by atoms with Gasteiger partial charge in [0.25, 0.3) is 0 Å². The second kappa shape index (κ2) is 7.36. The Morgan fingerprint density at radius 3 is 2.75 bits per heavy atom. The summed E-state index contributed by atoms with van der Waals surface area (Å²) < 4.78 is 4.63. The number of esters is 1. The van der Waals surface area contributed by atoms with Crippen molar-refractivity contribution < 1.29 is 14.6 Å². The highest BCUT2D eigenvalue weighted by Crippen LogP contribution is 2.23. The van der Waals surface area contributed by atoms with Crippen molar-refractivity contribution >= 4 is 5.97 Å². The first-order valence-electron chi connectivity index (χ1n) is 7.11. The Hall–Kier alpha value is -1.46. The lowest BCUT2D eigenvalue weighted by Crippen LogP contribution is -2.27. The second-order valence-corrected chi connectivity index (χ2v) is 5.34. The van der Waals surface area contributed by atoms with Crippen molar-refractivity contribution in [3.8, 4) is 0 Å². The lowest BCUT2D eigenvalue weighted by atomic mass is 9.87. The third-order valence-electron chi connectivity index (χ3n) is 3.80. The summed E-state index contributed by atoms with van der Waals surface area (Å²) in [4.78, 5) is 15.5. The molecule has 0 aliphatic heterocycles. The number of pyridine rings is 1. The molecule has 0 atom stereocenters. The van der Waals surface area contributed by atoms with Gasteiger partial charge in [-0.2, -0.15) is 0 Å². The first-order chi connectivity index (χ1) is 9.69. The molecule has 0 aromatic carbocycles. The number of ether oxygens (including phenoxy) is 1. The average molecular weight is 278 g/mol. The van der Waals surface area contributed by atoms with E-state index in [1.165, 1.54) is 7.11 Å². The highest BCUT2D eigenvalue weighted by atomic mass is 16.5. The lowest BCUT2D eigenvalue weighted by Gasteiger charge is -2.25. The number of carbonyl (C=O) groups is 1. The molecular weight excluding hydrogens is 256 g/mol. The number of nitrogens with one attached hydrogen (secondary N) is 1. The first-order valence-corrected chi connectivity index (χ1v) is 7.11. The van der Waals surface area contributed by atoms with E-state index in [0.29, 0.717) is 18.0 Å². The molecule has 0 unspecified atom stereocenters. The van der Waals surface area contributed by atoms with Gasteiger partial charge in [-0.25, -0.2) is 4.79 Å². The largest absolute Gasteiger partial charge is 0.465 e. The molecule has 1 aromatic rings. The van der Waals surface area contributed by atoms with Gasteiger partial charge in [-0.15, -0.1) is 0 Å². The molecule has 1 heterocycles. The van der Waals surface area contributed by atoms with Gasteiger partial charge in [0.15, 0.2) is 0 Å². The van der Waals surface area contributed by atoms with Gasteiger partial charge in [-0.1, -0.05) is 0 Å². The van der Waals surface area contributed by atoms with Gasteiger partial charge in [0.05, 0.1) is 24.5 Å². The third-order valence-corrected chi connectivity index (χ3v) is 3.80. The zero-order chi connectivity index (χ0) is 14.4. The minimum atomic E-state index is -0.363. The fraction of sp³-hybridized carbons (Fsp3) is 0.600. The summed E-state index contributed by atoms with van der Waals surface area (Å²) in [5.74, 6) is 0.283. The molecule has 0 amide bonds. The van der Waals surface area contributed by atoms with E-state index in [1.807, 2.05) is 6.07 Å². The third kappa shape index (κ3) is 4.28. The van der Waals surface area contributed by atoms with Crippen LogP contribution in [0.4, 0.5) is 0 Å². The summed E-state index contributed by atoms with van der Waals surface area (Å²) in [7, 11) is 1.36. The van der Waals surface area contributed by atoms with Crippen LogP contribution in [0.15, 0.2) is 18.3 Å². The molecule has 2 rings (SSSR count). The molecule has 20 heavy (non-hydrogen) atoms. The van der Waals surface area contributed by atoms with E-state index in [4.69, 9.17) is 0 Å². The van der Waals surface area contributed by atoms with Crippen molar-refractivity contribution in [3.05, 3.63) is 29.6 Å². The van der Waals surface area contributed by atoms with E-state index >= 15 is 0 Å². The van der Waals surface area contributed by atoms with Crippen molar-refractivity contribution in [2.75, 3.05) is 13.7 Å². The van der Waals surface area contributed by atoms with Gasteiger partial charge in [0, 0.05) is 12.7 Å². The van der Waals surface area contributed by atoms with Crippen LogP contribution in [0.3, 0.4) is 0 Å². The van der Waals surface area contributed by atoms with E-state index in [9.17, 15) is 9.90 Å². The van der Waals surface area contributed by atoms with Gasteiger partial charge in [0.1, 0.15) is 0 Å². The molecule has 1 aromatic heterocycles. The zero-order valence-corrected chi connectivity index (χ0v) is 11.8. The summed E-state index contributed by atoms with van der Waals surface area (Å²) in [6.45, 7) is 1.65. The topological polar surface area (TPSA) is 71.5 Å². The van der Waals surface area contributed by atoms with Crippen LogP contribution in [0.2, 0.25) is 0 Å². The van der Waals surface area contributed by atoms with E-state index in [2.05, 4.69) is 15.0 Å². The normalized spacial score (nSPS) is 22.5. The Morgan fingerprint density at radius 1 is 1.40 bits per heavy atom. The van der Waals surface area contributed by atoms with Crippen molar-refractivity contribution in [2.45, 2.75) is 38.3 Å². The van der Waals surface area contributed by atoms with Crippen LogP contribution >= 0.6 is 0 Å². The number of nitrogens with zero attached hydrogens (tertiary/aromatic N) is 1. The maximum Gasteiger partial charge on any atom is 0.339 e. The Morgan fingerprint density at radius 2 is 2.15 bits per heavy atom. The molecule has 0 radical (unpaired) electrons. The molecule has 110 valence electrons. The molecule has 1 saturated carbocycles. The van der Waals surface area contributed by atoms with Crippen molar-refractivity contribution in [2.24, 2.45) is 5.92 Å². The van der Waals surface area contributed by atoms with Crippen LogP contribution in [0, 0.1) is 5.92 Å². The van der Waals surface area contributed by atoms with Crippen molar-refractivity contribution in [1.29, 1.82) is 0 Å². The average Bonchev–Trinajstić information content (AvgIpc) is 2.49. The van der Waals surface area contributed by atoms with Gasteiger partial charge in [-0.05, 0) is 50.3 Å². The Kier molecular flexibility index (Phi) is 5.49. The zero-order valence-electron chi connectivity index (χ0n) is 11.8. The molecular formula is C15H22N2O3. The standard InChI is InChI=1S/C15H22N2O3/c1-20-15(19)12-4-5-13(17-9-12)10-16-8-11-2-6-14(18)7-3-11/h4-5,9,11,14,16,18H,2-3,6-8,10H2,1H3. The highest BCUT2D eigenvalue weighted by molar-refractivity contribution is 5.88. The van der Waals surface area contributed by atoms with Gasteiger partial charge in [0.2, 0.25) is 0 Å². The number of aliphatic hydroxyl groups is 1. The van der Waals surface area contributed by atoms with E-state index in [-0.39, 0.29) is 12.1 Å². The van der Waals surface area contributed by atoms with Crippen molar-refractivity contribution in [1.82, 2.24) is 10.3 Å². The molecule has 5 heteroatoms. The number of hydrogen-bond donors (Lipinski definition) is 2. The number of hydrogen-bond acceptors (Lipinski definition) is 5. The monoisotopic (exact) mass is 278 g/mol. The van der Waals surface area contributed by atoms with E-state index < -0.39 is 0 Å². The SMILES string of the molecule is COC(=O)c1ccc(CNCC2CCC(O)CC2)nc1. The smallest absolute Gasteiger partial charge is 0.339 e. The van der Waals surface area contributed by atoms with Crippen LogP contribution in [-0.4, -0.2) is 35.8 Å². The summed E-state index contributed by atoms with van der Waals surface area (Å²) in [5.41, 5.74) is 1.38. The maximum absolute atomic E-state index is 11.3. The highest BCUT2D eigenvalue weighted by Gasteiger charge is 2.18. The Labute approximate surface area is 119 Å². The molecule has 0 spiro atoms. The van der Waals surface area contributed by atoms with Crippen LogP contribution in [0.1, 0.15) is 41.7 Å². The number of methoxy groups -OCH3 is 1. The van der Waals surface area contributed by atoms with Crippen LogP contribution in [-0.2, 0) is 11.3 Å². The number of aromatic nitrogens is 1. The minimum Gasteiger partial charge on any atom is -0.465 e. The molecule has 0 saturated heterocycles. The van der Waals surface area contributed by atoms with Crippen LogP contribution < -0.4 is 5.32 Å². The molecule has 0 bridgehead atoms. The van der Waals surface area contributed by atoms with Gasteiger partial charge < -0.3 is 15.2 Å². The maximum atomic E-state index is 11.3. The fourth-order valence-corrected chi connectivity index (χ4v) is 2.52. The molecule has 1 aliphatic carbocycles. The van der Waals surface area contributed by atoms with Crippen LogP contribution in [0.25, 0.3) is 0 Å². The van der Waals surface area contributed by atoms with Gasteiger partial charge >= 0.3 is 5.97 Å². The predicted molar refractivity (Wildman–Crippen MR) is 75.2 cm³/mol. The summed E-state index contributed by atoms with van der Waals surface area (Å²) in [6, 6.07) is 3.57. The molecule has 5 nitrogen and oxygen atoms in total. The first kappa shape index (κ1) is 14.9. The van der Waals surface area contributed by atoms with Crippen molar-refractivity contribution in [3.63, 3.8) is 0 Å². The second-order valence-electron chi connectivity index (χ2n) is 5.34. The van der Waals surface area contributed by atoms with Crippen LogP contribution in [0.5, 0.6) is 0 Å². The number of rotatable bonds is 5. The Bertz CT molecular complexity index is 425. The number of carbonyl (C=O) groups excluding carboxylic acids is 1. The summed E-state index contributed by atoms with van der Waals surface area (Å²) >= 11 is 0. The summed E-state index contributed by atoms with van der Waals surface area (Å²) in [5, 5.41) is 12.8. The summed E-state index contributed by atoms with van der Waals surface area (Å²) in [6.07, 6.45) is 5.45. The minimum absolute atomic E-state index is 0.0983. The van der Waals surface area contributed by atoms with E-state index in [1.54, 1.807) is 12.3 Å². The molecule has 1 fully saturated rings.